The number of hydrogen-bond acceptors (Lipinski definition) is 4. The van der Waals surface area contributed by atoms with E-state index in [-0.39, 0.29) is 18.1 Å². The first-order valence-electron chi connectivity index (χ1n) is 9.58. The summed E-state index contributed by atoms with van der Waals surface area (Å²) in [7, 11) is 0. The molecule has 0 radical (unpaired) electrons. The summed E-state index contributed by atoms with van der Waals surface area (Å²) in [5.74, 6) is 0.170. The summed E-state index contributed by atoms with van der Waals surface area (Å²) in [4.78, 5) is 17.2. The number of hydrogen-bond donors (Lipinski definition) is 1. The molecule has 2 fully saturated rings. The monoisotopic (exact) mass is 325 g/mol. The Kier molecular flexibility index (Phi) is 8.34. The van der Waals surface area contributed by atoms with E-state index in [1.165, 1.54) is 32.2 Å². The van der Waals surface area contributed by atoms with E-state index in [1.54, 1.807) is 0 Å². The Morgan fingerprint density at radius 3 is 2.48 bits per heavy atom. The zero-order chi connectivity index (χ0) is 16.5. The van der Waals surface area contributed by atoms with Crippen LogP contribution in [0.2, 0.25) is 0 Å². The van der Waals surface area contributed by atoms with Crippen LogP contribution in [0.3, 0.4) is 0 Å². The van der Waals surface area contributed by atoms with E-state index in [1.807, 2.05) is 6.92 Å². The van der Waals surface area contributed by atoms with Gasteiger partial charge in [-0.1, -0.05) is 26.2 Å². The van der Waals surface area contributed by atoms with Crippen LogP contribution in [0.4, 0.5) is 0 Å². The second-order valence-electron chi connectivity index (χ2n) is 6.92. The molecule has 1 N–H and O–H groups in total. The highest BCUT2D eigenvalue weighted by Crippen LogP contribution is 2.21. The SMILES string of the molecule is CCCCN1CCN(CC(=O)N[C@@H]2CCCC[C@@H]2OCC)CC1. The predicted octanol–water partition coefficient (Wildman–Crippen LogP) is 1.87. The molecule has 1 aliphatic carbocycles. The molecule has 134 valence electrons. The van der Waals surface area contributed by atoms with Crippen LogP contribution in [-0.2, 0) is 9.53 Å². The van der Waals surface area contributed by atoms with Crippen molar-refractivity contribution in [3.8, 4) is 0 Å². The first kappa shape index (κ1) is 18.7. The van der Waals surface area contributed by atoms with Crippen molar-refractivity contribution in [1.29, 1.82) is 0 Å². The topological polar surface area (TPSA) is 44.8 Å². The standard InChI is InChI=1S/C18H35N3O2/c1-3-5-10-20-11-13-21(14-12-20)15-18(22)19-16-8-6-7-9-17(16)23-4-2/h16-17H,3-15H2,1-2H3,(H,19,22)/t16-,17+/m1/s1. The Morgan fingerprint density at radius 2 is 1.78 bits per heavy atom. The summed E-state index contributed by atoms with van der Waals surface area (Å²) in [5.41, 5.74) is 0. The Balaban J connectivity index is 1.68. The van der Waals surface area contributed by atoms with Crippen molar-refractivity contribution >= 4 is 5.91 Å². The van der Waals surface area contributed by atoms with Crippen LogP contribution < -0.4 is 5.32 Å². The fraction of sp³-hybridized carbons (Fsp3) is 0.944. The number of carbonyl (C=O) groups excluding carboxylic acids is 1. The highest BCUT2D eigenvalue weighted by molar-refractivity contribution is 5.78. The molecule has 0 aromatic rings. The van der Waals surface area contributed by atoms with Crippen LogP contribution in [0, 0.1) is 0 Å². The number of nitrogens with zero attached hydrogens (tertiary/aromatic N) is 2. The molecule has 5 nitrogen and oxygen atoms in total. The Bertz CT molecular complexity index is 341. The molecule has 0 spiro atoms. The van der Waals surface area contributed by atoms with Crippen molar-refractivity contribution in [2.75, 3.05) is 45.9 Å². The van der Waals surface area contributed by atoms with E-state index < -0.39 is 0 Å². The van der Waals surface area contributed by atoms with Crippen LogP contribution in [0.15, 0.2) is 0 Å². The van der Waals surface area contributed by atoms with Gasteiger partial charge in [-0.15, -0.1) is 0 Å². The van der Waals surface area contributed by atoms with Gasteiger partial charge in [-0.05, 0) is 32.7 Å². The molecule has 0 bridgehead atoms. The van der Waals surface area contributed by atoms with Crippen LogP contribution in [0.25, 0.3) is 0 Å². The van der Waals surface area contributed by atoms with E-state index in [4.69, 9.17) is 4.74 Å². The van der Waals surface area contributed by atoms with Gasteiger partial charge in [0.25, 0.3) is 0 Å². The molecule has 5 heteroatoms. The lowest BCUT2D eigenvalue weighted by Gasteiger charge is -2.35. The summed E-state index contributed by atoms with van der Waals surface area (Å²) in [6.45, 7) is 11.0. The van der Waals surface area contributed by atoms with Crippen LogP contribution >= 0.6 is 0 Å². The zero-order valence-electron chi connectivity index (χ0n) is 15.1. The molecule has 0 unspecified atom stereocenters. The summed E-state index contributed by atoms with van der Waals surface area (Å²) in [6, 6.07) is 0.210. The van der Waals surface area contributed by atoms with Crippen molar-refractivity contribution in [1.82, 2.24) is 15.1 Å². The maximum Gasteiger partial charge on any atom is 0.234 e. The van der Waals surface area contributed by atoms with Crippen molar-refractivity contribution in [2.45, 2.75) is 64.5 Å². The van der Waals surface area contributed by atoms with Crippen LogP contribution in [-0.4, -0.2) is 73.7 Å². The maximum atomic E-state index is 12.4. The quantitative estimate of drug-likeness (QED) is 0.740. The molecule has 0 aromatic carbocycles. The van der Waals surface area contributed by atoms with Crippen molar-refractivity contribution in [2.24, 2.45) is 0 Å². The number of rotatable bonds is 8. The van der Waals surface area contributed by atoms with E-state index in [0.29, 0.717) is 6.54 Å². The third-order valence-corrected chi connectivity index (χ3v) is 5.09. The number of unbranched alkanes of at least 4 members (excludes halogenated alkanes) is 1. The lowest BCUT2D eigenvalue weighted by atomic mass is 9.92. The number of nitrogens with one attached hydrogen (secondary N) is 1. The van der Waals surface area contributed by atoms with Gasteiger partial charge in [-0.2, -0.15) is 0 Å². The number of ether oxygens (including phenoxy) is 1. The fourth-order valence-electron chi connectivity index (χ4n) is 3.68. The van der Waals surface area contributed by atoms with Crippen molar-refractivity contribution in [3.63, 3.8) is 0 Å². The van der Waals surface area contributed by atoms with Gasteiger partial charge in [0.2, 0.25) is 5.91 Å². The van der Waals surface area contributed by atoms with Gasteiger partial charge in [-0.3, -0.25) is 9.69 Å². The van der Waals surface area contributed by atoms with Crippen LogP contribution in [0.5, 0.6) is 0 Å². The first-order chi connectivity index (χ1) is 11.2. The molecule has 2 aliphatic rings. The molecule has 23 heavy (non-hydrogen) atoms. The van der Waals surface area contributed by atoms with Crippen molar-refractivity contribution < 1.29 is 9.53 Å². The van der Waals surface area contributed by atoms with Gasteiger partial charge in [-0.25, -0.2) is 0 Å². The molecular weight excluding hydrogens is 290 g/mol. The highest BCUT2D eigenvalue weighted by Gasteiger charge is 2.27. The Morgan fingerprint density at radius 1 is 1.09 bits per heavy atom. The molecule has 1 saturated carbocycles. The molecule has 2 rings (SSSR count). The summed E-state index contributed by atoms with van der Waals surface area (Å²) in [6.07, 6.45) is 7.30. The second kappa shape index (κ2) is 10.3. The minimum atomic E-state index is 0.170. The van der Waals surface area contributed by atoms with Crippen LogP contribution in [0.1, 0.15) is 52.4 Å². The zero-order valence-corrected chi connectivity index (χ0v) is 15.1. The van der Waals surface area contributed by atoms with E-state index >= 15 is 0 Å². The lowest BCUT2D eigenvalue weighted by Crippen LogP contribution is -2.52. The van der Waals surface area contributed by atoms with Gasteiger partial charge < -0.3 is 15.0 Å². The average Bonchev–Trinajstić information content (AvgIpc) is 2.56. The maximum absolute atomic E-state index is 12.4. The van der Waals surface area contributed by atoms with Gasteiger partial charge >= 0.3 is 0 Å². The van der Waals surface area contributed by atoms with Gasteiger partial charge in [0.05, 0.1) is 18.7 Å². The summed E-state index contributed by atoms with van der Waals surface area (Å²) >= 11 is 0. The molecule has 1 saturated heterocycles. The molecule has 1 heterocycles. The largest absolute Gasteiger partial charge is 0.376 e. The van der Waals surface area contributed by atoms with Gasteiger partial charge in [0.15, 0.2) is 0 Å². The number of carbonyl (C=O) groups is 1. The lowest BCUT2D eigenvalue weighted by molar-refractivity contribution is -0.125. The normalized spacial score (nSPS) is 27.0. The predicted molar refractivity (Wildman–Crippen MR) is 93.6 cm³/mol. The molecule has 0 aromatic heterocycles. The number of piperazine rings is 1. The Labute approximate surface area is 141 Å². The third-order valence-electron chi connectivity index (χ3n) is 5.09. The molecule has 1 aliphatic heterocycles. The highest BCUT2D eigenvalue weighted by atomic mass is 16.5. The van der Waals surface area contributed by atoms with E-state index in [9.17, 15) is 4.79 Å². The van der Waals surface area contributed by atoms with E-state index in [0.717, 1.165) is 45.6 Å². The third kappa shape index (κ3) is 6.40. The van der Waals surface area contributed by atoms with Gasteiger partial charge in [0, 0.05) is 32.8 Å². The minimum absolute atomic E-state index is 0.170. The molecule has 1 amide bonds. The first-order valence-corrected chi connectivity index (χ1v) is 9.58. The minimum Gasteiger partial charge on any atom is -0.376 e. The molecular formula is C18H35N3O2. The van der Waals surface area contributed by atoms with E-state index in [2.05, 4.69) is 22.0 Å². The molecule has 2 atom stereocenters. The smallest absolute Gasteiger partial charge is 0.234 e. The fourth-order valence-corrected chi connectivity index (χ4v) is 3.68. The Hall–Kier alpha value is -0.650. The summed E-state index contributed by atoms with van der Waals surface area (Å²) in [5, 5.41) is 3.23. The average molecular weight is 325 g/mol. The van der Waals surface area contributed by atoms with Crippen molar-refractivity contribution in [3.05, 3.63) is 0 Å². The second-order valence-corrected chi connectivity index (χ2v) is 6.92. The van der Waals surface area contributed by atoms with Gasteiger partial charge in [0.1, 0.15) is 0 Å². The number of amides is 1. The summed E-state index contributed by atoms with van der Waals surface area (Å²) < 4.78 is 5.80.